The van der Waals surface area contributed by atoms with Gasteiger partial charge in [-0.25, -0.2) is 0 Å². The van der Waals surface area contributed by atoms with Gasteiger partial charge in [0.15, 0.2) is 0 Å². The molecule has 0 amide bonds. The Labute approximate surface area is 145 Å². The first kappa shape index (κ1) is 17.6. The summed E-state index contributed by atoms with van der Waals surface area (Å²) < 4.78 is 12.4. The lowest BCUT2D eigenvalue weighted by atomic mass is 10.3. The number of aryl methyl sites for hydroxylation is 3. The second kappa shape index (κ2) is 8.22. The van der Waals surface area contributed by atoms with Crippen molar-refractivity contribution in [3.05, 3.63) is 45.7 Å². The first-order valence-electron chi connectivity index (χ1n) is 7.20. The van der Waals surface area contributed by atoms with Crippen LogP contribution in [0, 0.1) is 13.8 Å². The summed E-state index contributed by atoms with van der Waals surface area (Å²) in [6.45, 7) is 4.76. The van der Waals surface area contributed by atoms with Gasteiger partial charge in [-0.3, -0.25) is 9.48 Å². The lowest BCUT2D eigenvalue weighted by Gasteiger charge is -2.09. The Morgan fingerprint density at radius 2 is 2.00 bits per heavy atom. The average Bonchev–Trinajstić information content (AvgIpc) is 2.81. The summed E-state index contributed by atoms with van der Waals surface area (Å²) in [7, 11) is 0. The molecule has 0 atom stereocenters. The number of nitrogens with zero attached hydrogens (tertiary/aromatic N) is 2. The standard InChI is InChI=1S/C16H18Cl2N2O3/c1-11-9-12(2)20(19-11)6-5-16(21)23-8-7-22-15-4-3-13(17)10-14(15)18/h3-4,9-10H,5-8H2,1-2H3. The molecule has 0 aliphatic heterocycles. The molecule has 0 aliphatic carbocycles. The molecule has 2 rings (SSSR count). The number of halogens is 2. The Hall–Kier alpha value is -1.72. The van der Waals surface area contributed by atoms with Crippen molar-refractivity contribution in [2.75, 3.05) is 13.2 Å². The van der Waals surface area contributed by atoms with Gasteiger partial charge in [0.05, 0.1) is 23.7 Å². The second-order valence-electron chi connectivity index (χ2n) is 5.04. The van der Waals surface area contributed by atoms with Crippen molar-refractivity contribution < 1.29 is 14.3 Å². The van der Waals surface area contributed by atoms with Gasteiger partial charge in [-0.2, -0.15) is 5.10 Å². The van der Waals surface area contributed by atoms with Crippen molar-refractivity contribution in [3.8, 4) is 5.75 Å². The van der Waals surface area contributed by atoms with Gasteiger partial charge >= 0.3 is 5.97 Å². The number of esters is 1. The number of rotatable bonds is 7. The van der Waals surface area contributed by atoms with E-state index >= 15 is 0 Å². The summed E-state index contributed by atoms with van der Waals surface area (Å²) in [5.74, 6) is 0.220. The number of hydrogen-bond donors (Lipinski definition) is 0. The molecule has 1 heterocycles. The van der Waals surface area contributed by atoms with Crippen LogP contribution in [0.25, 0.3) is 0 Å². The van der Waals surface area contributed by atoms with Gasteiger partial charge in [0.1, 0.15) is 19.0 Å². The number of aromatic nitrogens is 2. The van der Waals surface area contributed by atoms with E-state index in [-0.39, 0.29) is 25.6 Å². The minimum Gasteiger partial charge on any atom is -0.488 e. The fourth-order valence-electron chi connectivity index (χ4n) is 2.07. The Kier molecular flexibility index (Phi) is 6.30. The number of ether oxygens (including phenoxy) is 2. The van der Waals surface area contributed by atoms with Gasteiger partial charge in [-0.15, -0.1) is 0 Å². The van der Waals surface area contributed by atoms with E-state index in [1.807, 2.05) is 19.9 Å². The molecule has 5 nitrogen and oxygen atoms in total. The predicted octanol–water partition coefficient (Wildman–Crippen LogP) is 3.82. The van der Waals surface area contributed by atoms with E-state index in [1.165, 1.54) is 0 Å². The fraction of sp³-hybridized carbons (Fsp3) is 0.375. The maximum atomic E-state index is 11.7. The molecule has 0 saturated carbocycles. The SMILES string of the molecule is Cc1cc(C)n(CCC(=O)OCCOc2ccc(Cl)cc2Cl)n1. The zero-order valence-electron chi connectivity index (χ0n) is 13.0. The van der Waals surface area contributed by atoms with Crippen molar-refractivity contribution in [2.24, 2.45) is 0 Å². The summed E-state index contributed by atoms with van der Waals surface area (Å²) in [6.07, 6.45) is 0.268. The highest BCUT2D eigenvalue weighted by atomic mass is 35.5. The van der Waals surface area contributed by atoms with Crippen LogP contribution in [0.15, 0.2) is 24.3 Å². The van der Waals surface area contributed by atoms with Crippen LogP contribution in [-0.2, 0) is 16.1 Å². The van der Waals surface area contributed by atoms with Crippen LogP contribution in [0.5, 0.6) is 5.75 Å². The van der Waals surface area contributed by atoms with E-state index in [0.29, 0.717) is 22.3 Å². The van der Waals surface area contributed by atoms with Crippen molar-refractivity contribution in [2.45, 2.75) is 26.8 Å². The Morgan fingerprint density at radius 1 is 1.22 bits per heavy atom. The van der Waals surface area contributed by atoms with E-state index in [9.17, 15) is 4.79 Å². The highest BCUT2D eigenvalue weighted by Gasteiger charge is 2.07. The van der Waals surface area contributed by atoms with E-state index in [2.05, 4.69) is 5.10 Å². The molecule has 0 N–H and O–H groups in total. The van der Waals surface area contributed by atoms with Crippen molar-refractivity contribution in [1.29, 1.82) is 0 Å². The first-order valence-corrected chi connectivity index (χ1v) is 7.96. The molecule has 23 heavy (non-hydrogen) atoms. The van der Waals surface area contributed by atoms with Gasteiger partial charge in [-0.05, 0) is 38.1 Å². The topological polar surface area (TPSA) is 53.4 Å². The molecule has 0 fully saturated rings. The normalized spacial score (nSPS) is 10.6. The molecular weight excluding hydrogens is 339 g/mol. The monoisotopic (exact) mass is 356 g/mol. The molecule has 2 aromatic rings. The molecule has 0 aliphatic rings. The highest BCUT2D eigenvalue weighted by molar-refractivity contribution is 6.35. The van der Waals surface area contributed by atoms with Gasteiger partial charge in [0, 0.05) is 10.7 Å². The summed E-state index contributed by atoms with van der Waals surface area (Å²) in [5.41, 5.74) is 1.96. The fourth-order valence-corrected chi connectivity index (χ4v) is 2.53. The van der Waals surface area contributed by atoms with Crippen LogP contribution in [0.2, 0.25) is 10.0 Å². The molecule has 7 heteroatoms. The lowest BCUT2D eigenvalue weighted by molar-refractivity contribution is -0.144. The maximum Gasteiger partial charge on any atom is 0.307 e. The Bertz CT molecular complexity index is 686. The van der Waals surface area contributed by atoms with Crippen LogP contribution < -0.4 is 4.74 Å². The molecule has 0 saturated heterocycles. The van der Waals surface area contributed by atoms with Gasteiger partial charge in [0.2, 0.25) is 0 Å². The zero-order valence-corrected chi connectivity index (χ0v) is 14.5. The summed E-state index contributed by atoms with van der Waals surface area (Å²) in [4.78, 5) is 11.7. The minimum atomic E-state index is -0.289. The van der Waals surface area contributed by atoms with E-state index in [0.717, 1.165) is 11.4 Å². The number of benzene rings is 1. The summed E-state index contributed by atoms with van der Waals surface area (Å²) in [6, 6.07) is 6.92. The summed E-state index contributed by atoms with van der Waals surface area (Å²) in [5, 5.41) is 5.26. The Morgan fingerprint density at radius 3 is 2.65 bits per heavy atom. The van der Waals surface area contributed by atoms with Crippen LogP contribution >= 0.6 is 23.2 Å². The summed E-state index contributed by atoms with van der Waals surface area (Å²) >= 11 is 11.8. The Balaban J connectivity index is 1.67. The maximum absolute atomic E-state index is 11.7. The third-order valence-electron chi connectivity index (χ3n) is 3.13. The average molecular weight is 357 g/mol. The van der Waals surface area contributed by atoms with Gasteiger partial charge in [0.25, 0.3) is 0 Å². The third-order valence-corrected chi connectivity index (χ3v) is 3.66. The van der Waals surface area contributed by atoms with E-state index < -0.39 is 0 Å². The number of carbonyl (C=O) groups excluding carboxylic acids is 1. The van der Waals surface area contributed by atoms with Crippen LogP contribution in [0.1, 0.15) is 17.8 Å². The van der Waals surface area contributed by atoms with Gasteiger partial charge in [-0.1, -0.05) is 23.2 Å². The smallest absolute Gasteiger partial charge is 0.307 e. The molecule has 1 aromatic carbocycles. The quantitative estimate of drug-likeness (QED) is 0.558. The van der Waals surface area contributed by atoms with Crippen molar-refractivity contribution in [1.82, 2.24) is 9.78 Å². The largest absolute Gasteiger partial charge is 0.488 e. The van der Waals surface area contributed by atoms with Crippen molar-refractivity contribution >= 4 is 29.2 Å². The molecule has 1 aromatic heterocycles. The van der Waals surface area contributed by atoms with Crippen LogP contribution in [-0.4, -0.2) is 29.0 Å². The third kappa shape index (κ3) is 5.44. The minimum absolute atomic E-state index is 0.162. The number of carbonyl (C=O) groups is 1. The molecule has 124 valence electrons. The molecule has 0 radical (unpaired) electrons. The zero-order chi connectivity index (χ0) is 16.8. The molecule has 0 unspecified atom stereocenters. The number of hydrogen-bond acceptors (Lipinski definition) is 4. The van der Waals surface area contributed by atoms with Crippen LogP contribution in [0.3, 0.4) is 0 Å². The first-order chi connectivity index (χ1) is 11.0. The molecule has 0 spiro atoms. The van der Waals surface area contributed by atoms with Crippen molar-refractivity contribution in [3.63, 3.8) is 0 Å². The second-order valence-corrected chi connectivity index (χ2v) is 5.89. The van der Waals surface area contributed by atoms with E-state index in [4.69, 9.17) is 32.7 Å². The predicted molar refractivity (Wildman–Crippen MR) is 89.2 cm³/mol. The highest BCUT2D eigenvalue weighted by Crippen LogP contribution is 2.27. The lowest BCUT2D eigenvalue weighted by Crippen LogP contribution is -2.15. The molecule has 0 bridgehead atoms. The van der Waals surface area contributed by atoms with Gasteiger partial charge < -0.3 is 9.47 Å². The van der Waals surface area contributed by atoms with E-state index in [1.54, 1.807) is 22.9 Å². The molecular formula is C16H18Cl2N2O3. The van der Waals surface area contributed by atoms with Crippen LogP contribution in [0.4, 0.5) is 0 Å².